The Morgan fingerprint density at radius 1 is 1.40 bits per heavy atom. The molecule has 0 aliphatic carbocycles. The summed E-state index contributed by atoms with van der Waals surface area (Å²) < 4.78 is 0. The number of amides is 1. The van der Waals surface area contributed by atoms with Crippen molar-refractivity contribution in [3.63, 3.8) is 0 Å². The summed E-state index contributed by atoms with van der Waals surface area (Å²) in [7, 11) is 0. The molecule has 1 unspecified atom stereocenters. The van der Waals surface area contributed by atoms with E-state index in [-0.39, 0.29) is 24.4 Å². The summed E-state index contributed by atoms with van der Waals surface area (Å²) in [5.41, 5.74) is 5.92. The summed E-state index contributed by atoms with van der Waals surface area (Å²) in [6.07, 6.45) is 0.826. The van der Waals surface area contributed by atoms with Crippen molar-refractivity contribution in [1.82, 2.24) is 10.3 Å². The lowest BCUT2D eigenvalue weighted by molar-refractivity contribution is 0.0935. The first-order valence-electron chi connectivity index (χ1n) is 6.13. The lowest BCUT2D eigenvalue weighted by Gasteiger charge is -2.12. The van der Waals surface area contributed by atoms with Gasteiger partial charge in [-0.1, -0.05) is 6.07 Å². The first kappa shape index (κ1) is 16.5. The minimum atomic E-state index is -0.187. The van der Waals surface area contributed by atoms with Crippen molar-refractivity contribution < 1.29 is 4.79 Å². The van der Waals surface area contributed by atoms with E-state index in [1.807, 2.05) is 6.92 Å². The average molecular weight is 312 g/mol. The quantitative estimate of drug-likeness (QED) is 0.912. The predicted molar refractivity (Wildman–Crippen MR) is 85.6 cm³/mol. The maximum absolute atomic E-state index is 12.0. The summed E-state index contributed by atoms with van der Waals surface area (Å²) in [4.78, 5) is 18.5. The number of thiophene rings is 1. The number of nitrogens with two attached hydrogens (primary N) is 1. The molecule has 3 N–H and O–H groups in total. The van der Waals surface area contributed by atoms with Gasteiger partial charge in [-0.2, -0.15) is 0 Å². The number of rotatable bonds is 4. The zero-order valence-corrected chi connectivity index (χ0v) is 13.1. The van der Waals surface area contributed by atoms with E-state index in [9.17, 15) is 4.79 Å². The predicted octanol–water partition coefficient (Wildman–Crippen LogP) is 2.82. The highest BCUT2D eigenvalue weighted by Crippen LogP contribution is 2.16. The largest absolute Gasteiger partial charge is 0.384 e. The molecular weight excluding hydrogens is 294 g/mol. The van der Waals surface area contributed by atoms with Crippen LogP contribution in [0.4, 0.5) is 5.82 Å². The summed E-state index contributed by atoms with van der Waals surface area (Å²) in [6.45, 7) is 4.06. The molecule has 2 aromatic heterocycles. The number of halogens is 1. The van der Waals surface area contributed by atoms with Crippen molar-refractivity contribution >= 4 is 35.5 Å². The Hall–Kier alpha value is -1.59. The zero-order chi connectivity index (χ0) is 13.8. The molecule has 20 heavy (non-hydrogen) atoms. The summed E-state index contributed by atoms with van der Waals surface area (Å²) in [6, 6.07) is 9.30. The minimum Gasteiger partial charge on any atom is -0.384 e. The van der Waals surface area contributed by atoms with E-state index in [4.69, 9.17) is 5.73 Å². The number of anilines is 1. The molecule has 0 spiro atoms. The Labute approximate surface area is 128 Å². The molecule has 0 saturated carbocycles. The fourth-order valence-corrected chi connectivity index (χ4v) is 2.84. The van der Waals surface area contributed by atoms with Crippen LogP contribution >= 0.6 is 23.7 Å². The fraction of sp³-hybridized carbons (Fsp3) is 0.286. The van der Waals surface area contributed by atoms with Gasteiger partial charge in [-0.05, 0) is 38.1 Å². The Morgan fingerprint density at radius 3 is 2.75 bits per heavy atom. The fourth-order valence-electron chi connectivity index (χ4n) is 1.82. The number of aryl methyl sites for hydroxylation is 1. The number of hydrogen-bond donors (Lipinski definition) is 2. The molecule has 2 heterocycles. The molecule has 0 radical (unpaired) electrons. The van der Waals surface area contributed by atoms with Crippen molar-refractivity contribution in [2.24, 2.45) is 0 Å². The normalized spacial score (nSPS) is 11.5. The summed E-state index contributed by atoms with van der Waals surface area (Å²) in [5, 5.41) is 2.93. The van der Waals surface area contributed by atoms with Crippen molar-refractivity contribution in [2.45, 2.75) is 26.3 Å². The number of nitrogens with one attached hydrogen (secondary N) is 1. The average Bonchev–Trinajstić information content (AvgIpc) is 2.74. The van der Waals surface area contributed by atoms with Crippen LogP contribution in [-0.2, 0) is 6.42 Å². The molecule has 0 aliphatic rings. The zero-order valence-electron chi connectivity index (χ0n) is 11.4. The molecule has 1 atom stereocenters. The SMILES string of the molecule is Cc1ccc(CC(C)NC(=O)c2cccc(N)n2)s1.Cl. The number of nitrogen functional groups attached to an aromatic ring is 1. The Balaban J connectivity index is 0.00000200. The van der Waals surface area contributed by atoms with Crippen molar-refractivity contribution in [1.29, 1.82) is 0 Å². The van der Waals surface area contributed by atoms with Gasteiger partial charge in [-0.3, -0.25) is 4.79 Å². The first-order valence-corrected chi connectivity index (χ1v) is 6.95. The molecule has 0 aliphatic heterocycles. The molecule has 2 aromatic rings. The Bertz CT molecular complexity index is 585. The van der Waals surface area contributed by atoms with Gasteiger partial charge in [0.15, 0.2) is 0 Å². The third-order valence-electron chi connectivity index (χ3n) is 2.68. The van der Waals surface area contributed by atoms with E-state index in [0.29, 0.717) is 11.5 Å². The van der Waals surface area contributed by atoms with Gasteiger partial charge in [0.2, 0.25) is 0 Å². The standard InChI is InChI=1S/C14H17N3OS.ClH/c1-9(8-11-7-6-10(2)19-11)16-14(18)12-4-3-5-13(15)17-12;/h3-7,9H,8H2,1-2H3,(H2,15,17)(H,16,18);1H. The lowest BCUT2D eigenvalue weighted by atomic mass is 10.2. The van der Waals surface area contributed by atoms with Crippen LogP contribution in [0.5, 0.6) is 0 Å². The Kier molecular flexibility index (Phi) is 5.98. The number of pyridine rings is 1. The number of carbonyl (C=O) groups is 1. The van der Waals surface area contributed by atoms with Crippen molar-refractivity contribution in [3.05, 3.63) is 45.8 Å². The van der Waals surface area contributed by atoms with Gasteiger partial charge in [0.05, 0.1) is 0 Å². The smallest absolute Gasteiger partial charge is 0.270 e. The molecule has 0 aromatic carbocycles. The van der Waals surface area contributed by atoms with Gasteiger partial charge in [0.1, 0.15) is 11.5 Å². The Morgan fingerprint density at radius 2 is 2.15 bits per heavy atom. The number of hydrogen-bond acceptors (Lipinski definition) is 4. The lowest BCUT2D eigenvalue weighted by Crippen LogP contribution is -2.34. The van der Waals surface area contributed by atoms with E-state index in [1.165, 1.54) is 9.75 Å². The molecule has 2 rings (SSSR count). The molecule has 108 valence electrons. The first-order chi connectivity index (χ1) is 9.04. The van der Waals surface area contributed by atoms with Crippen LogP contribution in [0.15, 0.2) is 30.3 Å². The van der Waals surface area contributed by atoms with E-state index in [2.05, 4.69) is 29.4 Å². The second kappa shape index (κ2) is 7.26. The molecular formula is C14H18ClN3OS. The summed E-state index contributed by atoms with van der Waals surface area (Å²) >= 11 is 1.75. The van der Waals surface area contributed by atoms with Crippen LogP contribution in [0.3, 0.4) is 0 Å². The topological polar surface area (TPSA) is 68.0 Å². The van der Waals surface area contributed by atoms with E-state index in [1.54, 1.807) is 29.5 Å². The van der Waals surface area contributed by atoms with E-state index < -0.39 is 0 Å². The van der Waals surface area contributed by atoms with Crippen LogP contribution in [0.2, 0.25) is 0 Å². The van der Waals surface area contributed by atoms with Gasteiger partial charge in [-0.15, -0.1) is 23.7 Å². The maximum atomic E-state index is 12.0. The highest BCUT2D eigenvalue weighted by atomic mass is 35.5. The monoisotopic (exact) mass is 311 g/mol. The van der Waals surface area contributed by atoms with Crippen LogP contribution in [0, 0.1) is 6.92 Å². The van der Waals surface area contributed by atoms with E-state index in [0.717, 1.165) is 6.42 Å². The van der Waals surface area contributed by atoms with Gasteiger partial charge >= 0.3 is 0 Å². The molecule has 0 bridgehead atoms. The molecule has 0 saturated heterocycles. The molecule has 0 fully saturated rings. The highest BCUT2D eigenvalue weighted by Gasteiger charge is 2.12. The van der Waals surface area contributed by atoms with Crippen LogP contribution in [0.25, 0.3) is 0 Å². The third kappa shape index (κ3) is 4.51. The van der Waals surface area contributed by atoms with Gasteiger partial charge in [-0.25, -0.2) is 4.98 Å². The van der Waals surface area contributed by atoms with Crippen molar-refractivity contribution in [2.75, 3.05) is 5.73 Å². The maximum Gasteiger partial charge on any atom is 0.270 e. The number of nitrogens with zero attached hydrogens (tertiary/aromatic N) is 1. The van der Waals surface area contributed by atoms with Gasteiger partial charge in [0.25, 0.3) is 5.91 Å². The van der Waals surface area contributed by atoms with Gasteiger partial charge in [0, 0.05) is 22.2 Å². The summed E-state index contributed by atoms with van der Waals surface area (Å²) in [5.74, 6) is 0.169. The number of aromatic nitrogens is 1. The van der Waals surface area contributed by atoms with Crippen LogP contribution < -0.4 is 11.1 Å². The highest BCUT2D eigenvalue weighted by molar-refractivity contribution is 7.11. The second-order valence-corrected chi connectivity index (χ2v) is 5.91. The van der Waals surface area contributed by atoms with Gasteiger partial charge < -0.3 is 11.1 Å². The molecule has 6 heteroatoms. The van der Waals surface area contributed by atoms with Crippen LogP contribution in [-0.4, -0.2) is 16.9 Å². The minimum absolute atomic E-state index is 0. The van der Waals surface area contributed by atoms with E-state index >= 15 is 0 Å². The third-order valence-corrected chi connectivity index (χ3v) is 3.71. The second-order valence-electron chi connectivity index (χ2n) is 4.54. The number of carbonyl (C=O) groups excluding carboxylic acids is 1. The van der Waals surface area contributed by atoms with Crippen LogP contribution in [0.1, 0.15) is 27.2 Å². The molecule has 1 amide bonds. The van der Waals surface area contributed by atoms with Crippen molar-refractivity contribution in [3.8, 4) is 0 Å². The molecule has 4 nitrogen and oxygen atoms in total.